The summed E-state index contributed by atoms with van der Waals surface area (Å²) in [7, 11) is 0. The summed E-state index contributed by atoms with van der Waals surface area (Å²) >= 11 is 1.73. The molecule has 0 saturated heterocycles. The molecule has 0 fully saturated rings. The molecule has 0 saturated carbocycles. The molecule has 0 aromatic carbocycles. The molecular formula is C7H16N2OS. The zero-order valence-electron chi connectivity index (χ0n) is 6.88. The number of hydrogen-bond acceptors (Lipinski definition) is 3. The molecule has 11 heavy (non-hydrogen) atoms. The van der Waals surface area contributed by atoms with Crippen molar-refractivity contribution in [3.05, 3.63) is 0 Å². The Bertz CT molecular complexity index is 119. The number of nitrogens with two attached hydrogens (primary N) is 2. The van der Waals surface area contributed by atoms with Crippen molar-refractivity contribution in [2.45, 2.75) is 13.3 Å². The molecule has 66 valence electrons. The van der Waals surface area contributed by atoms with Gasteiger partial charge >= 0.3 is 0 Å². The number of rotatable bonds is 6. The highest BCUT2D eigenvalue weighted by atomic mass is 32.2. The number of carbonyl (C=O) groups excluding carboxylic acids is 1. The highest BCUT2D eigenvalue weighted by Crippen LogP contribution is 2.08. The molecule has 1 unspecified atom stereocenters. The maximum Gasteiger partial charge on any atom is 0.221 e. The first-order chi connectivity index (χ1) is 5.18. The molecule has 3 nitrogen and oxygen atoms in total. The lowest BCUT2D eigenvalue weighted by Crippen LogP contribution is -2.22. The van der Waals surface area contributed by atoms with E-state index in [0.717, 1.165) is 24.5 Å². The summed E-state index contributed by atoms with van der Waals surface area (Å²) < 4.78 is 0. The molecule has 0 bridgehead atoms. The third-order valence-electron chi connectivity index (χ3n) is 1.35. The molecule has 0 aliphatic rings. The minimum absolute atomic E-state index is 0.0159. The maximum atomic E-state index is 10.5. The van der Waals surface area contributed by atoms with E-state index in [1.807, 2.05) is 6.92 Å². The molecular weight excluding hydrogens is 160 g/mol. The van der Waals surface area contributed by atoms with Gasteiger partial charge in [-0.15, -0.1) is 0 Å². The molecule has 0 radical (unpaired) electrons. The highest BCUT2D eigenvalue weighted by molar-refractivity contribution is 7.99. The van der Waals surface area contributed by atoms with Gasteiger partial charge in [0.1, 0.15) is 0 Å². The Hall–Kier alpha value is -0.220. The van der Waals surface area contributed by atoms with Crippen LogP contribution in [-0.2, 0) is 4.79 Å². The minimum atomic E-state index is -0.217. The van der Waals surface area contributed by atoms with Gasteiger partial charge in [0, 0.05) is 11.7 Å². The number of hydrogen-bond donors (Lipinski definition) is 2. The van der Waals surface area contributed by atoms with Crippen LogP contribution in [0.3, 0.4) is 0 Å². The molecule has 0 spiro atoms. The van der Waals surface area contributed by atoms with Crippen molar-refractivity contribution in [2.24, 2.45) is 17.4 Å². The van der Waals surface area contributed by atoms with Gasteiger partial charge in [-0.3, -0.25) is 4.79 Å². The first-order valence-electron chi connectivity index (χ1n) is 3.75. The Labute approximate surface area is 71.9 Å². The van der Waals surface area contributed by atoms with E-state index in [4.69, 9.17) is 11.5 Å². The third kappa shape index (κ3) is 6.19. The Morgan fingerprint density at radius 1 is 1.64 bits per heavy atom. The van der Waals surface area contributed by atoms with Crippen LogP contribution < -0.4 is 11.5 Å². The normalized spacial score (nSPS) is 12.9. The lowest BCUT2D eigenvalue weighted by atomic mass is 10.2. The van der Waals surface area contributed by atoms with Gasteiger partial charge in [0.15, 0.2) is 0 Å². The largest absolute Gasteiger partial charge is 0.369 e. The van der Waals surface area contributed by atoms with Crippen LogP contribution in [0.5, 0.6) is 0 Å². The summed E-state index contributed by atoms with van der Waals surface area (Å²) in [5.41, 5.74) is 10.4. The van der Waals surface area contributed by atoms with Crippen molar-refractivity contribution >= 4 is 17.7 Å². The van der Waals surface area contributed by atoms with Crippen molar-refractivity contribution in [3.63, 3.8) is 0 Å². The van der Waals surface area contributed by atoms with E-state index in [1.165, 1.54) is 0 Å². The third-order valence-corrected chi connectivity index (χ3v) is 2.66. The quantitative estimate of drug-likeness (QED) is 0.568. The fourth-order valence-corrected chi connectivity index (χ4v) is 1.58. The standard InChI is InChI=1S/C7H16N2OS/c1-6(7(9)10)5-11-4-2-3-8/h6H,2-5,8H2,1H3,(H2,9,10). The Kier molecular flexibility index (Phi) is 6.36. The van der Waals surface area contributed by atoms with E-state index < -0.39 is 0 Å². The van der Waals surface area contributed by atoms with Crippen LogP contribution in [-0.4, -0.2) is 24.0 Å². The van der Waals surface area contributed by atoms with Crippen LogP contribution in [0.4, 0.5) is 0 Å². The monoisotopic (exact) mass is 176 g/mol. The van der Waals surface area contributed by atoms with E-state index in [1.54, 1.807) is 11.8 Å². The summed E-state index contributed by atoms with van der Waals surface area (Å²) in [6.07, 6.45) is 1.01. The lowest BCUT2D eigenvalue weighted by Gasteiger charge is -2.05. The van der Waals surface area contributed by atoms with Crippen LogP contribution in [0.25, 0.3) is 0 Å². The van der Waals surface area contributed by atoms with Crippen LogP contribution in [0.2, 0.25) is 0 Å². The van der Waals surface area contributed by atoms with Crippen molar-refractivity contribution < 1.29 is 4.79 Å². The van der Waals surface area contributed by atoms with Crippen molar-refractivity contribution in [1.29, 1.82) is 0 Å². The summed E-state index contributed by atoms with van der Waals surface area (Å²) in [6, 6.07) is 0. The van der Waals surface area contributed by atoms with E-state index in [9.17, 15) is 4.79 Å². The molecule has 4 heteroatoms. The minimum Gasteiger partial charge on any atom is -0.369 e. The van der Waals surface area contributed by atoms with Gasteiger partial charge in [0.25, 0.3) is 0 Å². The summed E-state index contributed by atoms with van der Waals surface area (Å²) in [5, 5.41) is 0. The Morgan fingerprint density at radius 2 is 2.27 bits per heavy atom. The molecule has 0 heterocycles. The zero-order valence-corrected chi connectivity index (χ0v) is 7.69. The van der Waals surface area contributed by atoms with Crippen molar-refractivity contribution in [3.8, 4) is 0 Å². The van der Waals surface area contributed by atoms with Gasteiger partial charge in [0.2, 0.25) is 5.91 Å². The molecule has 0 aliphatic heterocycles. The summed E-state index contributed by atoms with van der Waals surface area (Å²) in [6.45, 7) is 2.57. The first kappa shape index (κ1) is 10.8. The van der Waals surface area contributed by atoms with Crippen molar-refractivity contribution in [2.75, 3.05) is 18.1 Å². The molecule has 1 atom stereocenters. The highest BCUT2D eigenvalue weighted by Gasteiger charge is 2.06. The molecule has 0 aliphatic carbocycles. The Morgan fingerprint density at radius 3 is 2.73 bits per heavy atom. The second kappa shape index (κ2) is 6.49. The topological polar surface area (TPSA) is 69.1 Å². The molecule has 0 aromatic heterocycles. The van der Waals surface area contributed by atoms with Crippen LogP contribution in [0.1, 0.15) is 13.3 Å². The molecule has 1 amide bonds. The second-order valence-corrected chi connectivity index (χ2v) is 3.67. The summed E-state index contributed by atoms with van der Waals surface area (Å²) in [5.74, 6) is 1.60. The summed E-state index contributed by atoms with van der Waals surface area (Å²) in [4.78, 5) is 10.5. The number of carbonyl (C=O) groups is 1. The number of thioether (sulfide) groups is 1. The molecule has 0 aromatic rings. The average Bonchev–Trinajstić information content (AvgIpc) is 1.97. The van der Waals surface area contributed by atoms with E-state index in [0.29, 0.717) is 0 Å². The van der Waals surface area contributed by atoms with Gasteiger partial charge < -0.3 is 11.5 Å². The lowest BCUT2D eigenvalue weighted by molar-refractivity contribution is -0.120. The van der Waals surface area contributed by atoms with E-state index in [2.05, 4.69) is 0 Å². The second-order valence-electron chi connectivity index (χ2n) is 2.52. The predicted molar refractivity (Wildman–Crippen MR) is 49.4 cm³/mol. The van der Waals surface area contributed by atoms with Gasteiger partial charge in [-0.05, 0) is 18.7 Å². The first-order valence-corrected chi connectivity index (χ1v) is 4.91. The van der Waals surface area contributed by atoms with Gasteiger partial charge in [-0.2, -0.15) is 11.8 Å². The van der Waals surface area contributed by atoms with Crippen LogP contribution >= 0.6 is 11.8 Å². The van der Waals surface area contributed by atoms with E-state index in [-0.39, 0.29) is 11.8 Å². The number of primary amides is 1. The fourth-order valence-electron chi connectivity index (χ4n) is 0.528. The SMILES string of the molecule is CC(CSCCCN)C(N)=O. The van der Waals surface area contributed by atoms with Gasteiger partial charge in [0.05, 0.1) is 0 Å². The zero-order chi connectivity index (χ0) is 8.69. The van der Waals surface area contributed by atoms with Crippen LogP contribution in [0.15, 0.2) is 0 Å². The number of amides is 1. The van der Waals surface area contributed by atoms with Crippen LogP contribution in [0, 0.1) is 5.92 Å². The predicted octanol–water partition coefficient (Wildman–Crippen LogP) is 0.190. The smallest absolute Gasteiger partial charge is 0.221 e. The van der Waals surface area contributed by atoms with E-state index >= 15 is 0 Å². The van der Waals surface area contributed by atoms with Crippen molar-refractivity contribution in [1.82, 2.24) is 0 Å². The van der Waals surface area contributed by atoms with Gasteiger partial charge in [-0.25, -0.2) is 0 Å². The van der Waals surface area contributed by atoms with Gasteiger partial charge in [-0.1, -0.05) is 6.92 Å². The molecule has 0 rings (SSSR count). The Balaban J connectivity index is 3.17. The average molecular weight is 176 g/mol. The fraction of sp³-hybridized carbons (Fsp3) is 0.857. The maximum absolute atomic E-state index is 10.5. The molecule has 4 N–H and O–H groups in total.